The van der Waals surface area contributed by atoms with Crippen LogP contribution in [0.3, 0.4) is 0 Å². The lowest BCUT2D eigenvalue weighted by Crippen LogP contribution is -2.29. The van der Waals surface area contributed by atoms with E-state index in [-0.39, 0.29) is 17.7 Å². The predicted molar refractivity (Wildman–Crippen MR) is 76.5 cm³/mol. The Hall–Kier alpha value is -2.15. The van der Waals surface area contributed by atoms with Crippen molar-refractivity contribution < 1.29 is 18.5 Å². The van der Waals surface area contributed by atoms with Gasteiger partial charge < -0.3 is 18.6 Å². The SMILES string of the molecule is COCC1CN(C(=O)c2ccoc2C)CC1c1nc(C)no1. The maximum atomic E-state index is 12.6. The zero-order valence-corrected chi connectivity index (χ0v) is 12.9. The second-order valence-electron chi connectivity index (χ2n) is 5.60. The van der Waals surface area contributed by atoms with Crippen LogP contribution in [-0.2, 0) is 4.74 Å². The highest BCUT2D eigenvalue weighted by Crippen LogP contribution is 2.33. The first-order chi connectivity index (χ1) is 10.6. The van der Waals surface area contributed by atoms with Gasteiger partial charge in [-0.3, -0.25) is 4.79 Å². The van der Waals surface area contributed by atoms with Gasteiger partial charge >= 0.3 is 0 Å². The van der Waals surface area contributed by atoms with Gasteiger partial charge in [0.2, 0.25) is 5.89 Å². The fourth-order valence-electron chi connectivity index (χ4n) is 2.94. The van der Waals surface area contributed by atoms with E-state index in [1.165, 1.54) is 6.26 Å². The van der Waals surface area contributed by atoms with Gasteiger partial charge in [-0.2, -0.15) is 4.98 Å². The van der Waals surface area contributed by atoms with E-state index in [2.05, 4.69) is 10.1 Å². The topological polar surface area (TPSA) is 81.6 Å². The van der Waals surface area contributed by atoms with E-state index in [9.17, 15) is 4.79 Å². The number of aromatic nitrogens is 2. The van der Waals surface area contributed by atoms with Crippen molar-refractivity contribution in [3.63, 3.8) is 0 Å². The monoisotopic (exact) mass is 305 g/mol. The van der Waals surface area contributed by atoms with Crippen LogP contribution in [0.1, 0.15) is 33.8 Å². The average molecular weight is 305 g/mol. The van der Waals surface area contributed by atoms with Crippen LogP contribution in [0.25, 0.3) is 0 Å². The number of hydrogen-bond acceptors (Lipinski definition) is 6. The Morgan fingerprint density at radius 1 is 1.45 bits per heavy atom. The lowest BCUT2D eigenvalue weighted by atomic mass is 9.97. The smallest absolute Gasteiger partial charge is 0.257 e. The molecule has 7 nitrogen and oxygen atoms in total. The molecule has 2 atom stereocenters. The lowest BCUT2D eigenvalue weighted by molar-refractivity contribution is 0.0773. The zero-order valence-electron chi connectivity index (χ0n) is 12.9. The summed E-state index contributed by atoms with van der Waals surface area (Å²) in [6.07, 6.45) is 1.53. The molecule has 1 fully saturated rings. The molecular formula is C15H19N3O4. The molecule has 0 N–H and O–H groups in total. The van der Waals surface area contributed by atoms with Crippen molar-refractivity contribution in [2.75, 3.05) is 26.8 Å². The predicted octanol–water partition coefficient (Wildman–Crippen LogP) is 1.78. The van der Waals surface area contributed by atoms with Crippen LogP contribution >= 0.6 is 0 Å². The maximum Gasteiger partial charge on any atom is 0.257 e. The summed E-state index contributed by atoms with van der Waals surface area (Å²) in [5.74, 6) is 1.90. The van der Waals surface area contributed by atoms with E-state index >= 15 is 0 Å². The van der Waals surface area contributed by atoms with Gasteiger partial charge in [0.05, 0.1) is 24.4 Å². The molecule has 2 unspecified atom stereocenters. The third-order valence-corrected chi connectivity index (χ3v) is 4.06. The number of rotatable bonds is 4. The molecule has 0 aromatic carbocycles. The summed E-state index contributed by atoms with van der Waals surface area (Å²) in [5, 5.41) is 3.84. The molecule has 1 saturated heterocycles. The minimum Gasteiger partial charge on any atom is -0.469 e. The van der Waals surface area contributed by atoms with Crippen LogP contribution in [0.4, 0.5) is 0 Å². The van der Waals surface area contributed by atoms with Crippen molar-refractivity contribution in [3.8, 4) is 0 Å². The van der Waals surface area contributed by atoms with E-state index in [1.807, 2.05) is 0 Å². The quantitative estimate of drug-likeness (QED) is 0.856. The molecule has 1 amide bonds. The number of carbonyl (C=O) groups excluding carboxylic acids is 1. The number of amides is 1. The second-order valence-corrected chi connectivity index (χ2v) is 5.60. The van der Waals surface area contributed by atoms with Gasteiger partial charge in [0.1, 0.15) is 5.76 Å². The molecule has 2 aromatic heterocycles. The van der Waals surface area contributed by atoms with Crippen molar-refractivity contribution >= 4 is 5.91 Å². The van der Waals surface area contributed by atoms with Gasteiger partial charge in [0.15, 0.2) is 5.82 Å². The minimum atomic E-state index is -0.0360. The molecule has 0 bridgehead atoms. The first-order valence-electron chi connectivity index (χ1n) is 7.22. The van der Waals surface area contributed by atoms with Crippen molar-refractivity contribution in [1.82, 2.24) is 15.0 Å². The van der Waals surface area contributed by atoms with Crippen LogP contribution in [0, 0.1) is 19.8 Å². The second kappa shape index (κ2) is 5.92. The number of hydrogen-bond donors (Lipinski definition) is 0. The highest BCUT2D eigenvalue weighted by atomic mass is 16.5. The fraction of sp³-hybridized carbons (Fsp3) is 0.533. The molecule has 0 saturated carbocycles. The van der Waals surface area contributed by atoms with E-state index < -0.39 is 0 Å². The standard InChI is InChI=1S/C15H19N3O4/c1-9-12(4-5-21-9)15(19)18-6-11(8-20-3)13(7-18)14-16-10(2)17-22-14/h4-5,11,13H,6-8H2,1-3H3. The van der Waals surface area contributed by atoms with E-state index in [0.29, 0.717) is 42.7 Å². The summed E-state index contributed by atoms with van der Waals surface area (Å²) in [4.78, 5) is 18.7. The van der Waals surface area contributed by atoms with Crippen LogP contribution in [0.15, 0.2) is 21.3 Å². The van der Waals surface area contributed by atoms with Crippen LogP contribution in [-0.4, -0.2) is 47.8 Å². The summed E-state index contributed by atoms with van der Waals surface area (Å²) < 4.78 is 15.8. The fourth-order valence-corrected chi connectivity index (χ4v) is 2.94. The van der Waals surface area contributed by atoms with E-state index in [4.69, 9.17) is 13.7 Å². The Morgan fingerprint density at radius 2 is 2.27 bits per heavy atom. The Bertz CT molecular complexity index is 663. The van der Waals surface area contributed by atoms with Gasteiger partial charge in [-0.15, -0.1) is 0 Å². The Balaban J connectivity index is 1.81. The molecule has 3 rings (SSSR count). The molecular weight excluding hydrogens is 286 g/mol. The summed E-state index contributed by atoms with van der Waals surface area (Å²) in [6, 6.07) is 1.70. The molecule has 7 heteroatoms. The van der Waals surface area contributed by atoms with Crippen molar-refractivity contribution in [1.29, 1.82) is 0 Å². The molecule has 118 valence electrons. The van der Waals surface area contributed by atoms with Crippen molar-refractivity contribution in [2.24, 2.45) is 5.92 Å². The van der Waals surface area contributed by atoms with Crippen LogP contribution in [0.5, 0.6) is 0 Å². The van der Waals surface area contributed by atoms with Gasteiger partial charge in [-0.1, -0.05) is 5.16 Å². The largest absolute Gasteiger partial charge is 0.469 e. The molecule has 1 aliphatic heterocycles. The Labute approximate surface area is 128 Å². The van der Waals surface area contributed by atoms with Crippen LogP contribution in [0.2, 0.25) is 0 Å². The molecule has 0 aliphatic carbocycles. The van der Waals surface area contributed by atoms with E-state index in [1.54, 1.807) is 31.9 Å². The Kier molecular flexibility index (Phi) is 3.98. The molecule has 22 heavy (non-hydrogen) atoms. The van der Waals surface area contributed by atoms with Gasteiger partial charge in [-0.05, 0) is 19.9 Å². The summed E-state index contributed by atoms with van der Waals surface area (Å²) in [6.45, 7) is 5.25. The highest BCUT2D eigenvalue weighted by Gasteiger charge is 2.40. The number of carbonyl (C=O) groups is 1. The number of methoxy groups -OCH3 is 1. The van der Waals surface area contributed by atoms with E-state index in [0.717, 1.165) is 0 Å². The van der Waals surface area contributed by atoms with Gasteiger partial charge in [-0.25, -0.2) is 0 Å². The molecule has 0 radical (unpaired) electrons. The maximum absolute atomic E-state index is 12.6. The van der Waals surface area contributed by atoms with Gasteiger partial charge in [0, 0.05) is 26.1 Å². The molecule has 0 spiro atoms. The normalized spacial score (nSPS) is 21.5. The average Bonchev–Trinajstić information content (AvgIpc) is 3.18. The molecule has 2 aromatic rings. The van der Waals surface area contributed by atoms with Crippen molar-refractivity contribution in [3.05, 3.63) is 35.4 Å². The van der Waals surface area contributed by atoms with Crippen LogP contribution < -0.4 is 0 Å². The number of aryl methyl sites for hydroxylation is 2. The summed E-state index contributed by atoms with van der Waals surface area (Å²) in [5.41, 5.74) is 0.596. The third kappa shape index (κ3) is 2.64. The van der Waals surface area contributed by atoms with Crippen molar-refractivity contribution in [2.45, 2.75) is 19.8 Å². The number of nitrogens with zero attached hydrogens (tertiary/aromatic N) is 3. The molecule has 1 aliphatic rings. The van der Waals surface area contributed by atoms with Gasteiger partial charge in [0.25, 0.3) is 5.91 Å². The number of furan rings is 1. The Morgan fingerprint density at radius 3 is 2.86 bits per heavy atom. The first-order valence-corrected chi connectivity index (χ1v) is 7.22. The minimum absolute atomic E-state index is 0.00249. The lowest BCUT2D eigenvalue weighted by Gasteiger charge is -2.15. The summed E-state index contributed by atoms with van der Waals surface area (Å²) >= 11 is 0. The zero-order chi connectivity index (χ0) is 15.7. The number of likely N-dealkylation sites (tertiary alicyclic amines) is 1. The third-order valence-electron chi connectivity index (χ3n) is 4.06. The summed E-state index contributed by atoms with van der Waals surface area (Å²) in [7, 11) is 1.65. The molecule has 3 heterocycles. The first kappa shape index (κ1) is 14.8. The highest BCUT2D eigenvalue weighted by molar-refractivity contribution is 5.95. The number of ether oxygens (including phenoxy) is 1.